The second kappa shape index (κ2) is 5.89. The summed E-state index contributed by atoms with van der Waals surface area (Å²) in [5.41, 5.74) is 8.63. The third-order valence-electron chi connectivity index (χ3n) is 3.03. The molecule has 19 heavy (non-hydrogen) atoms. The van der Waals surface area contributed by atoms with Crippen LogP contribution >= 0.6 is 0 Å². The van der Waals surface area contributed by atoms with Gasteiger partial charge in [-0.3, -0.25) is 4.98 Å². The van der Waals surface area contributed by atoms with Crippen LogP contribution in [0.25, 0.3) is 0 Å². The number of ether oxygens (including phenoxy) is 1. The summed E-state index contributed by atoms with van der Waals surface area (Å²) in [6.07, 6.45) is 0.849. The van der Waals surface area contributed by atoms with Crippen LogP contribution in [-0.2, 0) is 19.6 Å². The van der Waals surface area contributed by atoms with E-state index in [1.165, 1.54) is 0 Å². The van der Waals surface area contributed by atoms with Crippen LogP contribution in [0.4, 0.5) is 0 Å². The summed E-state index contributed by atoms with van der Waals surface area (Å²) < 4.78 is 11.4. The average Bonchev–Trinajstić information content (AvgIpc) is 2.77. The minimum Gasteiger partial charge on any atom is -0.484 e. The van der Waals surface area contributed by atoms with Crippen molar-refractivity contribution in [2.24, 2.45) is 5.73 Å². The first-order valence-corrected chi connectivity index (χ1v) is 6.51. The summed E-state index contributed by atoms with van der Waals surface area (Å²) in [6, 6.07) is 5.88. The van der Waals surface area contributed by atoms with Crippen LogP contribution in [0.3, 0.4) is 0 Å². The third kappa shape index (κ3) is 3.15. The number of aromatic nitrogens is 1. The van der Waals surface area contributed by atoms with E-state index in [1.807, 2.05) is 32.0 Å². The minimum atomic E-state index is 0.401. The molecule has 0 bridgehead atoms. The van der Waals surface area contributed by atoms with Crippen molar-refractivity contribution in [1.29, 1.82) is 0 Å². The van der Waals surface area contributed by atoms with Crippen molar-refractivity contribution < 1.29 is 9.15 Å². The van der Waals surface area contributed by atoms with E-state index >= 15 is 0 Å². The zero-order chi connectivity index (χ0) is 13.8. The van der Waals surface area contributed by atoms with E-state index in [-0.39, 0.29) is 0 Å². The molecule has 2 N–H and O–H groups in total. The lowest BCUT2D eigenvalue weighted by Gasteiger charge is -2.09. The number of hydrogen-bond donors (Lipinski definition) is 1. The summed E-state index contributed by atoms with van der Waals surface area (Å²) in [4.78, 5) is 4.47. The Morgan fingerprint density at radius 1 is 1.32 bits per heavy atom. The highest BCUT2D eigenvalue weighted by Gasteiger charge is 2.09. The van der Waals surface area contributed by atoms with Crippen molar-refractivity contribution in [3.63, 3.8) is 0 Å². The molecule has 0 saturated heterocycles. The first-order chi connectivity index (χ1) is 9.13. The van der Waals surface area contributed by atoms with Crippen molar-refractivity contribution >= 4 is 0 Å². The van der Waals surface area contributed by atoms with Crippen LogP contribution in [0, 0.1) is 13.8 Å². The van der Waals surface area contributed by atoms with Gasteiger partial charge in [-0.25, -0.2) is 0 Å². The summed E-state index contributed by atoms with van der Waals surface area (Å²) in [6.45, 7) is 6.85. The summed E-state index contributed by atoms with van der Waals surface area (Å²) >= 11 is 0. The fourth-order valence-corrected chi connectivity index (χ4v) is 2.00. The monoisotopic (exact) mass is 260 g/mol. The Bertz CT molecular complexity index is 561. The molecule has 2 aromatic rings. The number of aryl methyl sites for hydroxylation is 3. The molecule has 0 unspecified atom stereocenters. The van der Waals surface area contributed by atoms with Gasteiger partial charge in [0.05, 0.1) is 12.2 Å². The zero-order valence-electron chi connectivity index (χ0n) is 11.7. The molecule has 2 rings (SSSR count). The maximum atomic E-state index is 5.78. The Morgan fingerprint density at radius 3 is 2.74 bits per heavy atom. The van der Waals surface area contributed by atoms with Gasteiger partial charge in [-0.2, -0.15) is 0 Å². The van der Waals surface area contributed by atoms with Crippen molar-refractivity contribution in [3.05, 3.63) is 46.7 Å². The molecule has 0 aliphatic carbocycles. The molecule has 0 aliphatic heterocycles. The van der Waals surface area contributed by atoms with Gasteiger partial charge in [0.15, 0.2) is 0 Å². The minimum absolute atomic E-state index is 0.401. The first-order valence-electron chi connectivity index (χ1n) is 6.51. The number of nitrogens with two attached hydrogens (primary N) is 1. The predicted molar refractivity (Wildman–Crippen MR) is 74.0 cm³/mol. The summed E-state index contributed by atoms with van der Waals surface area (Å²) in [5.74, 6) is 2.42. The highest BCUT2D eigenvalue weighted by atomic mass is 16.5. The summed E-state index contributed by atoms with van der Waals surface area (Å²) in [5, 5.41) is 0. The highest BCUT2D eigenvalue weighted by Crippen LogP contribution is 2.20. The Hall–Kier alpha value is -1.81. The van der Waals surface area contributed by atoms with Gasteiger partial charge >= 0.3 is 0 Å². The molecule has 2 heterocycles. The van der Waals surface area contributed by atoms with Crippen molar-refractivity contribution in [3.8, 4) is 5.75 Å². The van der Waals surface area contributed by atoms with Crippen molar-refractivity contribution in [2.75, 3.05) is 0 Å². The van der Waals surface area contributed by atoms with E-state index in [2.05, 4.69) is 11.9 Å². The van der Waals surface area contributed by atoms with Gasteiger partial charge in [0, 0.05) is 5.69 Å². The fourth-order valence-electron chi connectivity index (χ4n) is 2.00. The van der Waals surface area contributed by atoms with Gasteiger partial charge in [-0.1, -0.05) is 6.92 Å². The van der Waals surface area contributed by atoms with Crippen LogP contribution in [-0.4, -0.2) is 4.98 Å². The van der Waals surface area contributed by atoms with E-state index in [9.17, 15) is 0 Å². The molecule has 0 aliphatic rings. The molecule has 4 heteroatoms. The maximum absolute atomic E-state index is 5.78. The van der Waals surface area contributed by atoms with Gasteiger partial charge in [0.2, 0.25) is 0 Å². The van der Waals surface area contributed by atoms with E-state index in [0.717, 1.165) is 40.6 Å². The van der Waals surface area contributed by atoms with Crippen LogP contribution in [0.1, 0.15) is 35.4 Å². The molecule has 0 radical (unpaired) electrons. The van der Waals surface area contributed by atoms with Gasteiger partial charge in [-0.15, -0.1) is 0 Å². The van der Waals surface area contributed by atoms with Gasteiger partial charge in [0.25, 0.3) is 0 Å². The number of nitrogens with zero attached hydrogens (tertiary/aromatic N) is 1. The Kier molecular flexibility index (Phi) is 4.22. The predicted octanol–water partition coefficient (Wildman–Crippen LogP) is 2.89. The highest BCUT2D eigenvalue weighted by molar-refractivity contribution is 5.29. The van der Waals surface area contributed by atoms with Crippen LogP contribution in [0.2, 0.25) is 0 Å². The molecule has 0 aromatic carbocycles. The number of pyridine rings is 1. The molecule has 4 nitrogen and oxygen atoms in total. The smallest absolute Gasteiger partial charge is 0.146 e. The normalized spacial score (nSPS) is 10.7. The molecule has 2 aromatic heterocycles. The number of furan rings is 1. The topological polar surface area (TPSA) is 61.3 Å². The molecule has 102 valence electrons. The second-order valence-corrected chi connectivity index (χ2v) is 4.56. The van der Waals surface area contributed by atoms with Crippen LogP contribution in [0.15, 0.2) is 22.6 Å². The molecule has 0 amide bonds. The lowest BCUT2D eigenvalue weighted by molar-refractivity contribution is 0.262. The van der Waals surface area contributed by atoms with E-state index in [4.69, 9.17) is 14.9 Å². The Labute approximate surface area is 113 Å². The molecule has 0 atom stereocenters. The van der Waals surface area contributed by atoms with E-state index in [0.29, 0.717) is 13.2 Å². The largest absolute Gasteiger partial charge is 0.484 e. The van der Waals surface area contributed by atoms with Crippen molar-refractivity contribution in [2.45, 2.75) is 40.3 Å². The quantitative estimate of drug-likeness (QED) is 0.898. The fraction of sp³-hybridized carbons (Fsp3) is 0.400. The molecular formula is C15H20N2O2. The molecular weight excluding hydrogens is 240 g/mol. The first kappa shape index (κ1) is 13.6. The van der Waals surface area contributed by atoms with Gasteiger partial charge < -0.3 is 14.9 Å². The lowest BCUT2D eigenvalue weighted by atomic mass is 10.2. The van der Waals surface area contributed by atoms with Gasteiger partial charge in [-0.05, 0) is 44.0 Å². The van der Waals surface area contributed by atoms with Crippen molar-refractivity contribution in [1.82, 2.24) is 4.98 Å². The Morgan fingerprint density at radius 2 is 2.11 bits per heavy atom. The molecule has 0 fully saturated rings. The summed E-state index contributed by atoms with van der Waals surface area (Å²) in [7, 11) is 0. The lowest BCUT2D eigenvalue weighted by Crippen LogP contribution is -2.00. The van der Waals surface area contributed by atoms with E-state index in [1.54, 1.807) is 0 Å². The Balaban J connectivity index is 2.09. The third-order valence-corrected chi connectivity index (χ3v) is 3.03. The SMILES string of the molecule is CCc1nc(C)ccc1OCc1cc(C)c(CN)o1. The number of hydrogen-bond acceptors (Lipinski definition) is 4. The van der Waals surface area contributed by atoms with E-state index < -0.39 is 0 Å². The average molecular weight is 260 g/mol. The second-order valence-electron chi connectivity index (χ2n) is 4.56. The van der Waals surface area contributed by atoms with Crippen LogP contribution < -0.4 is 10.5 Å². The number of rotatable bonds is 5. The van der Waals surface area contributed by atoms with Gasteiger partial charge in [0.1, 0.15) is 23.9 Å². The molecule has 0 saturated carbocycles. The maximum Gasteiger partial charge on any atom is 0.146 e. The molecule has 0 spiro atoms. The standard InChI is InChI=1S/C15H20N2O2/c1-4-13-14(6-5-11(3)17-13)18-9-12-7-10(2)15(8-16)19-12/h5-7H,4,8-9,16H2,1-3H3. The van der Waals surface area contributed by atoms with Crippen LogP contribution in [0.5, 0.6) is 5.75 Å². The zero-order valence-corrected chi connectivity index (χ0v) is 11.7.